The SMILES string of the molecule is COC(=O)C(Cl)CNCCc1ccc(OC)cc1. The molecule has 18 heavy (non-hydrogen) atoms. The first-order valence-corrected chi connectivity index (χ1v) is 6.16. The number of carbonyl (C=O) groups excluding carboxylic acids is 1. The molecule has 0 aromatic heterocycles. The van der Waals surface area contributed by atoms with Gasteiger partial charge in [-0.3, -0.25) is 4.79 Å². The molecule has 0 fully saturated rings. The van der Waals surface area contributed by atoms with Crippen molar-refractivity contribution in [1.29, 1.82) is 0 Å². The van der Waals surface area contributed by atoms with Gasteiger partial charge in [0, 0.05) is 6.54 Å². The highest BCUT2D eigenvalue weighted by molar-refractivity contribution is 6.30. The molecule has 0 bridgehead atoms. The monoisotopic (exact) mass is 271 g/mol. The Morgan fingerprint density at radius 1 is 1.33 bits per heavy atom. The van der Waals surface area contributed by atoms with Crippen LogP contribution in [0.3, 0.4) is 0 Å². The number of alkyl halides is 1. The van der Waals surface area contributed by atoms with E-state index in [4.69, 9.17) is 16.3 Å². The Labute approximate surface area is 112 Å². The quantitative estimate of drug-likeness (QED) is 0.465. The Bertz CT molecular complexity index is 367. The molecule has 0 saturated heterocycles. The fourth-order valence-corrected chi connectivity index (χ4v) is 1.66. The van der Waals surface area contributed by atoms with Crippen molar-refractivity contribution in [3.8, 4) is 5.75 Å². The second-order valence-electron chi connectivity index (χ2n) is 3.79. The Kier molecular flexibility index (Phi) is 6.54. The van der Waals surface area contributed by atoms with Crippen molar-refractivity contribution in [2.24, 2.45) is 0 Å². The predicted octanol–water partition coefficient (Wildman–Crippen LogP) is 1.61. The Balaban J connectivity index is 2.23. The van der Waals surface area contributed by atoms with Crippen LogP contribution in [0, 0.1) is 0 Å². The molecule has 100 valence electrons. The number of ether oxygens (including phenoxy) is 2. The highest BCUT2D eigenvalue weighted by atomic mass is 35.5. The molecule has 0 radical (unpaired) electrons. The zero-order chi connectivity index (χ0) is 13.4. The molecule has 0 spiro atoms. The smallest absolute Gasteiger partial charge is 0.325 e. The molecule has 1 unspecified atom stereocenters. The summed E-state index contributed by atoms with van der Waals surface area (Å²) in [6, 6.07) is 7.88. The first-order valence-electron chi connectivity index (χ1n) is 5.73. The molecule has 1 atom stereocenters. The third-order valence-electron chi connectivity index (χ3n) is 2.53. The zero-order valence-electron chi connectivity index (χ0n) is 10.6. The lowest BCUT2D eigenvalue weighted by Crippen LogP contribution is -2.31. The van der Waals surface area contributed by atoms with Gasteiger partial charge < -0.3 is 14.8 Å². The van der Waals surface area contributed by atoms with Gasteiger partial charge in [0.25, 0.3) is 0 Å². The van der Waals surface area contributed by atoms with Gasteiger partial charge in [0.05, 0.1) is 14.2 Å². The van der Waals surface area contributed by atoms with Crippen LogP contribution < -0.4 is 10.1 Å². The summed E-state index contributed by atoms with van der Waals surface area (Å²) in [5.41, 5.74) is 1.20. The third-order valence-corrected chi connectivity index (χ3v) is 2.86. The van der Waals surface area contributed by atoms with Gasteiger partial charge in [-0.25, -0.2) is 0 Å². The molecule has 1 rings (SSSR count). The van der Waals surface area contributed by atoms with Gasteiger partial charge in [0.2, 0.25) is 0 Å². The highest BCUT2D eigenvalue weighted by Crippen LogP contribution is 2.11. The van der Waals surface area contributed by atoms with Crippen LogP contribution in [0.5, 0.6) is 5.75 Å². The summed E-state index contributed by atoms with van der Waals surface area (Å²) in [6.45, 7) is 1.16. The molecule has 0 saturated carbocycles. The maximum absolute atomic E-state index is 11.0. The van der Waals surface area contributed by atoms with Crippen molar-refractivity contribution < 1.29 is 14.3 Å². The lowest BCUT2D eigenvalue weighted by atomic mass is 10.1. The second kappa shape index (κ2) is 7.95. The molecule has 0 aliphatic heterocycles. The minimum absolute atomic E-state index is 0.407. The number of carbonyl (C=O) groups is 1. The van der Waals surface area contributed by atoms with Crippen LogP contribution in [0.2, 0.25) is 0 Å². The van der Waals surface area contributed by atoms with E-state index in [0.29, 0.717) is 6.54 Å². The van der Waals surface area contributed by atoms with Crippen LogP contribution in [0.15, 0.2) is 24.3 Å². The summed E-state index contributed by atoms with van der Waals surface area (Å²) in [5.74, 6) is 0.437. The van der Waals surface area contributed by atoms with E-state index >= 15 is 0 Å². The number of benzene rings is 1. The first-order chi connectivity index (χ1) is 8.67. The summed E-state index contributed by atoms with van der Waals surface area (Å²) in [5, 5.41) is 2.48. The second-order valence-corrected chi connectivity index (χ2v) is 4.32. The van der Waals surface area contributed by atoms with E-state index in [1.54, 1.807) is 7.11 Å². The number of halogens is 1. The van der Waals surface area contributed by atoms with E-state index in [0.717, 1.165) is 18.7 Å². The van der Waals surface area contributed by atoms with Crippen LogP contribution in [0.1, 0.15) is 5.56 Å². The normalized spacial score (nSPS) is 11.9. The minimum atomic E-state index is -0.633. The van der Waals surface area contributed by atoms with E-state index in [1.165, 1.54) is 12.7 Å². The molecule has 0 heterocycles. The maximum atomic E-state index is 11.0. The molecule has 0 aliphatic carbocycles. The average molecular weight is 272 g/mol. The van der Waals surface area contributed by atoms with E-state index < -0.39 is 11.3 Å². The topological polar surface area (TPSA) is 47.6 Å². The fourth-order valence-electron chi connectivity index (χ4n) is 1.46. The number of hydrogen-bond donors (Lipinski definition) is 1. The Morgan fingerprint density at radius 2 is 2.00 bits per heavy atom. The standard InChI is InChI=1S/C13H18ClNO3/c1-17-11-5-3-10(4-6-11)7-8-15-9-12(14)13(16)18-2/h3-6,12,15H,7-9H2,1-2H3. The number of methoxy groups -OCH3 is 2. The van der Waals surface area contributed by atoms with Gasteiger partial charge in [-0.1, -0.05) is 12.1 Å². The van der Waals surface area contributed by atoms with Crippen LogP contribution in [-0.2, 0) is 16.0 Å². The van der Waals surface area contributed by atoms with Crippen molar-refractivity contribution >= 4 is 17.6 Å². The summed E-state index contributed by atoms with van der Waals surface area (Å²) in [7, 11) is 2.97. The number of hydrogen-bond acceptors (Lipinski definition) is 4. The van der Waals surface area contributed by atoms with Gasteiger partial charge in [-0.05, 0) is 30.7 Å². The molecule has 1 aromatic rings. The largest absolute Gasteiger partial charge is 0.497 e. The van der Waals surface area contributed by atoms with Gasteiger partial charge in [-0.2, -0.15) is 0 Å². The zero-order valence-corrected chi connectivity index (χ0v) is 11.4. The van der Waals surface area contributed by atoms with E-state index in [2.05, 4.69) is 10.1 Å². The molecule has 5 heteroatoms. The lowest BCUT2D eigenvalue weighted by molar-refractivity contribution is -0.140. The molecule has 1 aromatic carbocycles. The van der Waals surface area contributed by atoms with Gasteiger partial charge >= 0.3 is 5.97 Å². The molecule has 0 aliphatic rings. The molecule has 4 nitrogen and oxygen atoms in total. The van der Waals surface area contributed by atoms with Crippen molar-refractivity contribution in [2.75, 3.05) is 27.3 Å². The van der Waals surface area contributed by atoms with Crippen LogP contribution in [0.25, 0.3) is 0 Å². The van der Waals surface area contributed by atoms with Crippen molar-refractivity contribution in [3.63, 3.8) is 0 Å². The fraction of sp³-hybridized carbons (Fsp3) is 0.462. The molecule has 0 amide bonds. The van der Waals surface area contributed by atoms with Crippen molar-refractivity contribution in [2.45, 2.75) is 11.8 Å². The summed E-state index contributed by atoms with van der Waals surface area (Å²) in [6.07, 6.45) is 0.870. The lowest BCUT2D eigenvalue weighted by Gasteiger charge is -2.09. The van der Waals surface area contributed by atoms with Gasteiger partial charge in [0.1, 0.15) is 11.1 Å². The van der Waals surface area contributed by atoms with E-state index in [-0.39, 0.29) is 0 Å². The molecule has 1 N–H and O–H groups in total. The van der Waals surface area contributed by atoms with Crippen LogP contribution >= 0.6 is 11.6 Å². The Hall–Kier alpha value is -1.26. The number of nitrogens with one attached hydrogen (secondary N) is 1. The predicted molar refractivity (Wildman–Crippen MR) is 71.2 cm³/mol. The number of rotatable bonds is 7. The summed E-state index contributed by atoms with van der Waals surface area (Å²) >= 11 is 5.80. The van der Waals surface area contributed by atoms with E-state index in [9.17, 15) is 4.79 Å². The maximum Gasteiger partial charge on any atom is 0.325 e. The third kappa shape index (κ3) is 4.94. The van der Waals surface area contributed by atoms with Crippen molar-refractivity contribution in [1.82, 2.24) is 5.32 Å². The molecular formula is C13H18ClNO3. The first kappa shape index (κ1) is 14.8. The van der Waals surface area contributed by atoms with Crippen molar-refractivity contribution in [3.05, 3.63) is 29.8 Å². The number of esters is 1. The minimum Gasteiger partial charge on any atom is -0.497 e. The Morgan fingerprint density at radius 3 is 2.56 bits per heavy atom. The summed E-state index contributed by atoms with van der Waals surface area (Å²) < 4.78 is 9.61. The highest BCUT2D eigenvalue weighted by Gasteiger charge is 2.14. The van der Waals surface area contributed by atoms with Gasteiger partial charge in [-0.15, -0.1) is 11.6 Å². The van der Waals surface area contributed by atoms with Gasteiger partial charge in [0.15, 0.2) is 0 Å². The van der Waals surface area contributed by atoms with Crippen LogP contribution in [-0.4, -0.2) is 38.7 Å². The van der Waals surface area contributed by atoms with E-state index in [1.807, 2.05) is 24.3 Å². The average Bonchev–Trinajstić information content (AvgIpc) is 2.43. The van der Waals surface area contributed by atoms with Crippen LogP contribution in [0.4, 0.5) is 0 Å². The summed E-state index contributed by atoms with van der Waals surface area (Å²) in [4.78, 5) is 11.0. The molecular weight excluding hydrogens is 254 g/mol.